The Kier molecular flexibility index (Phi) is 4.57. The highest BCUT2D eigenvalue weighted by Gasteiger charge is 2.23. The average molecular weight is 279 g/mol. The van der Waals surface area contributed by atoms with Crippen LogP contribution in [0.25, 0.3) is 0 Å². The van der Waals surface area contributed by atoms with Crippen LogP contribution in [0.1, 0.15) is 28.8 Å². The molecule has 0 aromatic heterocycles. The Morgan fingerprint density at radius 2 is 2.30 bits per heavy atom. The Balaban J connectivity index is 2.00. The molecule has 1 aliphatic heterocycles. The number of aromatic carboxylic acids is 1. The van der Waals surface area contributed by atoms with Crippen LogP contribution < -0.4 is 10.1 Å². The lowest BCUT2D eigenvalue weighted by Gasteiger charge is -2.11. The Morgan fingerprint density at radius 3 is 2.90 bits per heavy atom. The third-order valence-electron chi connectivity index (χ3n) is 3.18. The quantitative estimate of drug-likeness (QED) is 0.845. The summed E-state index contributed by atoms with van der Waals surface area (Å²) in [5, 5.41) is 11.8. The first kappa shape index (κ1) is 14.3. The number of benzene rings is 1. The van der Waals surface area contributed by atoms with Gasteiger partial charge in [-0.1, -0.05) is 6.07 Å². The maximum atomic E-state index is 11.8. The van der Waals surface area contributed by atoms with Crippen molar-refractivity contribution in [2.24, 2.45) is 0 Å². The third-order valence-corrected chi connectivity index (χ3v) is 3.18. The lowest BCUT2D eigenvalue weighted by molar-refractivity contribution is -0.130. The van der Waals surface area contributed by atoms with E-state index in [1.807, 2.05) is 0 Å². The van der Waals surface area contributed by atoms with Crippen LogP contribution in [0.2, 0.25) is 0 Å². The van der Waals surface area contributed by atoms with Gasteiger partial charge in [0.2, 0.25) is 5.91 Å². The molecule has 1 aliphatic rings. The van der Waals surface area contributed by atoms with Gasteiger partial charge in [-0.15, -0.1) is 0 Å². The molecule has 1 aromatic rings. The van der Waals surface area contributed by atoms with Gasteiger partial charge in [-0.2, -0.15) is 0 Å². The maximum absolute atomic E-state index is 11.8. The number of amides is 1. The van der Waals surface area contributed by atoms with Crippen LogP contribution >= 0.6 is 0 Å². The van der Waals surface area contributed by atoms with E-state index in [-0.39, 0.29) is 24.1 Å². The van der Waals surface area contributed by atoms with Gasteiger partial charge in [0.1, 0.15) is 17.4 Å². The summed E-state index contributed by atoms with van der Waals surface area (Å²) in [7, 11) is 1.42. The van der Waals surface area contributed by atoms with Gasteiger partial charge in [-0.25, -0.2) is 4.79 Å². The molecule has 2 rings (SSSR count). The molecule has 108 valence electrons. The van der Waals surface area contributed by atoms with Crippen molar-refractivity contribution in [1.29, 1.82) is 0 Å². The predicted octanol–water partition coefficient (Wildman–Crippen LogP) is 1.19. The SMILES string of the molecule is COc1ccc(CNC(=O)[C@H]2CCCO2)cc1C(=O)O. The van der Waals surface area contributed by atoms with Crippen molar-refractivity contribution in [2.45, 2.75) is 25.5 Å². The second-order valence-corrected chi connectivity index (χ2v) is 4.56. The number of carbonyl (C=O) groups is 2. The van der Waals surface area contributed by atoms with E-state index in [4.69, 9.17) is 14.6 Å². The minimum absolute atomic E-state index is 0.0800. The van der Waals surface area contributed by atoms with Gasteiger partial charge >= 0.3 is 5.97 Å². The normalized spacial score (nSPS) is 17.8. The molecule has 1 aromatic carbocycles. The predicted molar refractivity (Wildman–Crippen MR) is 70.8 cm³/mol. The Hall–Kier alpha value is -2.08. The molecule has 6 nitrogen and oxygen atoms in total. The molecule has 1 amide bonds. The van der Waals surface area contributed by atoms with Crippen LogP contribution in [0, 0.1) is 0 Å². The highest BCUT2D eigenvalue weighted by molar-refractivity contribution is 5.91. The number of methoxy groups -OCH3 is 1. The van der Waals surface area contributed by atoms with Crippen molar-refractivity contribution < 1.29 is 24.2 Å². The van der Waals surface area contributed by atoms with Gasteiger partial charge in [0.25, 0.3) is 0 Å². The molecule has 1 heterocycles. The highest BCUT2D eigenvalue weighted by atomic mass is 16.5. The molecule has 1 fully saturated rings. The summed E-state index contributed by atoms with van der Waals surface area (Å²) >= 11 is 0. The zero-order valence-corrected chi connectivity index (χ0v) is 11.2. The summed E-state index contributed by atoms with van der Waals surface area (Å²) in [5.41, 5.74) is 0.783. The minimum Gasteiger partial charge on any atom is -0.496 e. The number of carbonyl (C=O) groups excluding carboxylic acids is 1. The zero-order valence-electron chi connectivity index (χ0n) is 11.2. The molecular weight excluding hydrogens is 262 g/mol. The van der Waals surface area contributed by atoms with E-state index in [9.17, 15) is 9.59 Å². The van der Waals surface area contributed by atoms with Crippen molar-refractivity contribution in [3.63, 3.8) is 0 Å². The molecule has 20 heavy (non-hydrogen) atoms. The Labute approximate surface area is 116 Å². The fourth-order valence-electron chi connectivity index (χ4n) is 2.12. The van der Waals surface area contributed by atoms with Gasteiger partial charge in [-0.3, -0.25) is 4.79 Å². The summed E-state index contributed by atoms with van der Waals surface area (Å²) in [5.74, 6) is -0.920. The number of hydrogen-bond donors (Lipinski definition) is 2. The molecule has 0 unspecified atom stereocenters. The maximum Gasteiger partial charge on any atom is 0.339 e. The molecule has 0 spiro atoms. The monoisotopic (exact) mass is 279 g/mol. The molecule has 0 radical (unpaired) electrons. The number of ether oxygens (including phenoxy) is 2. The molecule has 1 saturated heterocycles. The van der Waals surface area contributed by atoms with E-state index in [0.29, 0.717) is 17.9 Å². The first-order valence-electron chi connectivity index (χ1n) is 6.41. The van der Waals surface area contributed by atoms with Crippen LogP contribution in [0.15, 0.2) is 18.2 Å². The zero-order chi connectivity index (χ0) is 14.5. The first-order chi connectivity index (χ1) is 9.61. The number of carboxylic acids is 1. The molecule has 0 saturated carbocycles. The molecule has 2 N–H and O–H groups in total. The van der Waals surface area contributed by atoms with E-state index in [0.717, 1.165) is 12.8 Å². The molecular formula is C14H17NO5. The van der Waals surface area contributed by atoms with E-state index in [1.165, 1.54) is 13.2 Å². The van der Waals surface area contributed by atoms with Gasteiger partial charge in [0, 0.05) is 13.2 Å². The van der Waals surface area contributed by atoms with Gasteiger partial charge in [-0.05, 0) is 30.5 Å². The van der Waals surface area contributed by atoms with Crippen molar-refractivity contribution >= 4 is 11.9 Å². The molecule has 0 aliphatic carbocycles. The largest absolute Gasteiger partial charge is 0.496 e. The second kappa shape index (κ2) is 6.38. The van der Waals surface area contributed by atoms with Crippen molar-refractivity contribution in [3.05, 3.63) is 29.3 Å². The fraction of sp³-hybridized carbons (Fsp3) is 0.429. The summed E-state index contributed by atoms with van der Waals surface area (Å²) in [4.78, 5) is 22.9. The summed E-state index contributed by atoms with van der Waals surface area (Å²) in [6.07, 6.45) is 1.24. The fourth-order valence-corrected chi connectivity index (χ4v) is 2.12. The van der Waals surface area contributed by atoms with Crippen LogP contribution in [-0.4, -0.2) is 36.8 Å². The lowest BCUT2D eigenvalue weighted by atomic mass is 10.1. The smallest absolute Gasteiger partial charge is 0.339 e. The molecule has 6 heteroatoms. The standard InChI is InChI=1S/C14H17NO5/c1-19-11-5-4-9(7-10(11)14(17)18)8-15-13(16)12-3-2-6-20-12/h4-5,7,12H,2-3,6,8H2,1H3,(H,15,16)(H,17,18)/t12-/m1/s1. The second-order valence-electron chi connectivity index (χ2n) is 4.56. The van der Waals surface area contributed by atoms with Crippen LogP contribution in [0.5, 0.6) is 5.75 Å². The summed E-state index contributed by atoms with van der Waals surface area (Å²) in [6.45, 7) is 0.882. The number of rotatable bonds is 5. The van der Waals surface area contributed by atoms with E-state index in [2.05, 4.69) is 5.32 Å². The minimum atomic E-state index is -1.06. The van der Waals surface area contributed by atoms with Crippen LogP contribution in [0.3, 0.4) is 0 Å². The van der Waals surface area contributed by atoms with Gasteiger partial charge in [0.15, 0.2) is 0 Å². The Bertz CT molecular complexity index is 508. The molecule has 0 bridgehead atoms. The summed E-state index contributed by atoms with van der Waals surface area (Å²) < 4.78 is 10.3. The Morgan fingerprint density at radius 1 is 1.50 bits per heavy atom. The van der Waals surface area contributed by atoms with Crippen molar-refractivity contribution in [3.8, 4) is 5.75 Å². The third kappa shape index (κ3) is 3.27. The van der Waals surface area contributed by atoms with Crippen LogP contribution in [-0.2, 0) is 16.1 Å². The van der Waals surface area contributed by atoms with Gasteiger partial charge < -0.3 is 19.9 Å². The number of nitrogens with one attached hydrogen (secondary N) is 1. The number of carboxylic acid groups (broad SMARTS) is 1. The lowest BCUT2D eigenvalue weighted by Crippen LogP contribution is -2.33. The molecule has 1 atom stereocenters. The number of hydrogen-bond acceptors (Lipinski definition) is 4. The van der Waals surface area contributed by atoms with Crippen molar-refractivity contribution in [2.75, 3.05) is 13.7 Å². The van der Waals surface area contributed by atoms with E-state index >= 15 is 0 Å². The topological polar surface area (TPSA) is 84.9 Å². The van der Waals surface area contributed by atoms with E-state index in [1.54, 1.807) is 12.1 Å². The average Bonchev–Trinajstić information content (AvgIpc) is 2.98. The van der Waals surface area contributed by atoms with Crippen LogP contribution in [0.4, 0.5) is 0 Å². The highest BCUT2D eigenvalue weighted by Crippen LogP contribution is 2.20. The van der Waals surface area contributed by atoms with Crippen molar-refractivity contribution in [1.82, 2.24) is 5.32 Å². The summed E-state index contributed by atoms with van der Waals surface area (Å²) in [6, 6.07) is 4.80. The van der Waals surface area contributed by atoms with Gasteiger partial charge in [0.05, 0.1) is 7.11 Å². The van der Waals surface area contributed by atoms with E-state index < -0.39 is 5.97 Å². The first-order valence-corrected chi connectivity index (χ1v) is 6.41.